The molecule has 0 atom stereocenters. The zero-order valence-corrected chi connectivity index (χ0v) is 8.91. The molecule has 0 aromatic heterocycles. The maximum atomic E-state index is 13.5. The maximum absolute atomic E-state index is 13.5. The van der Waals surface area contributed by atoms with Crippen molar-refractivity contribution in [1.29, 1.82) is 0 Å². The molecule has 0 heterocycles. The van der Waals surface area contributed by atoms with E-state index < -0.39 is 17.6 Å². The lowest BCUT2D eigenvalue weighted by molar-refractivity contribution is -0.136. The van der Waals surface area contributed by atoms with Crippen molar-refractivity contribution in [2.45, 2.75) is 17.7 Å². The van der Waals surface area contributed by atoms with Gasteiger partial charge in [0.1, 0.15) is 11.6 Å². The van der Waals surface area contributed by atoms with Gasteiger partial charge in [0.2, 0.25) is 0 Å². The summed E-state index contributed by atoms with van der Waals surface area (Å²) in [6.45, 7) is 0. The number of thioether (sulfide) groups is 1. The van der Waals surface area contributed by atoms with E-state index in [1.807, 2.05) is 0 Å². The highest BCUT2D eigenvalue weighted by Gasteiger charge is 2.11. The molecule has 1 aromatic rings. The van der Waals surface area contributed by atoms with Gasteiger partial charge in [-0.25, -0.2) is 8.78 Å². The molecule has 82 valence electrons. The van der Waals surface area contributed by atoms with Gasteiger partial charge in [0.15, 0.2) is 0 Å². The predicted molar refractivity (Wildman–Crippen MR) is 54.1 cm³/mol. The smallest absolute Gasteiger partial charge is 0.303 e. The topological polar surface area (TPSA) is 37.3 Å². The summed E-state index contributed by atoms with van der Waals surface area (Å²) in [4.78, 5) is 10.5. The SMILES string of the molecule is CSc1cc(F)cc(CCC(=O)O)c1F. The number of aryl methyl sites for hydroxylation is 1. The Morgan fingerprint density at radius 1 is 1.47 bits per heavy atom. The van der Waals surface area contributed by atoms with Crippen LogP contribution < -0.4 is 0 Å². The van der Waals surface area contributed by atoms with Crippen LogP contribution in [0, 0.1) is 11.6 Å². The van der Waals surface area contributed by atoms with Gasteiger partial charge in [0, 0.05) is 11.3 Å². The van der Waals surface area contributed by atoms with Crippen LogP contribution in [0.3, 0.4) is 0 Å². The molecular weight excluding hydrogens is 222 g/mol. The molecule has 0 saturated carbocycles. The summed E-state index contributed by atoms with van der Waals surface area (Å²) in [5, 5.41) is 8.44. The zero-order valence-electron chi connectivity index (χ0n) is 8.09. The number of benzene rings is 1. The van der Waals surface area contributed by atoms with Crippen molar-refractivity contribution < 1.29 is 18.7 Å². The van der Waals surface area contributed by atoms with E-state index in [0.717, 1.165) is 23.9 Å². The van der Waals surface area contributed by atoms with Gasteiger partial charge >= 0.3 is 5.97 Å². The van der Waals surface area contributed by atoms with Crippen LogP contribution >= 0.6 is 11.8 Å². The highest BCUT2D eigenvalue weighted by molar-refractivity contribution is 7.98. The zero-order chi connectivity index (χ0) is 11.4. The highest BCUT2D eigenvalue weighted by atomic mass is 32.2. The minimum Gasteiger partial charge on any atom is -0.481 e. The summed E-state index contributed by atoms with van der Waals surface area (Å²) in [7, 11) is 0. The summed E-state index contributed by atoms with van der Waals surface area (Å²) in [6.07, 6.45) is 1.44. The molecular formula is C10H10F2O2S. The molecule has 15 heavy (non-hydrogen) atoms. The summed E-state index contributed by atoms with van der Waals surface area (Å²) in [5.74, 6) is -2.09. The lowest BCUT2D eigenvalue weighted by Gasteiger charge is -2.05. The molecule has 0 radical (unpaired) electrons. The molecule has 1 rings (SSSR count). The van der Waals surface area contributed by atoms with E-state index in [1.54, 1.807) is 6.26 Å². The fraction of sp³-hybridized carbons (Fsp3) is 0.300. The molecule has 2 nitrogen and oxygen atoms in total. The molecule has 5 heteroatoms. The van der Waals surface area contributed by atoms with Crippen LogP contribution in [0.4, 0.5) is 8.78 Å². The van der Waals surface area contributed by atoms with Gasteiger partial charge in [0.25, 0.3) is 0 Å². The molecule has 0 aliphatic carbocycles. The summed E-state index contributed by atoms with van der Waals surface area (Å²) in [5.41, 5.74) is 0.113. The van der Waals surface area contributed by atoms with Crippen LogP contribution in [0.15, 0.2) is 17.0 Å². The third kappa shape index (κ3) is 3.20. The van der Waals surface area contributed by atoms with Gasteiger partial charge in [-0.2, -0.15) is 0 Å². The van der Waals surface area contributed by atoms with Crippen molar-refractivity contribution in [3.05, 3.63) is 29.3 Å². The number of rotatable bonds is 4. The molecule has 0 aliphatic heterocycles. The van der Waals surface area contributed by atoms with E-state index in [4.69, 9.17) is 5.11 Å². The molecule has 0 saturated heterocycles. The lowest BCUT2D eigenvalue weighted by Crippen LogP contribution is -2.01. The molecule has 0 spiro atoms. The van der Waals surface area contributed by atoms with Gasteiger partial charge in [0.05, 0.1) is 0 Å². The van der Waals surface area contributed by atoms with Crippen LogP contribution in [0.25, 0.3) is 0 Å². The third-order valence-corrected chi connectivity index (χ3v) is 2.64. The normalized spacial score (nSPS) is 10.3. The monoisotopic (exact) mass is 232 g/mol. The first-order chi connectivity index (χ1) is 7.04. The quantitative estimate of drug-likeness (QED) is 0.811. The Morgan fingerprint density at radius 2 is 2.13 bits per heavy atom. The van der Waals surface area contributed by atoms with Crippen molar-refractivity contribution in [2.24, 2.45) is 0 Å². The molecule has 1 N–H and O–H groups in total. The van der Waals surface area contributed by atoms with Crippen LogP contribution in [-0.4, -0.2) is 17.3 Å². The summed E-state index contributed by atoms with van der Waals surface area (Å²) in [6, 6.07) is 2.14. The number of hydrogen-bond acceptors (Lipinski definition) is 2. The average Bonchev–Trinajstić information content (AvgIpc) is 2.18. The van der Waals surface area contributed by atoms with Crippen molar-refractivity contribution in [3.63, 3.8) is 0 Å². The third-order valence-electron chi connectivity index (χ3n) is 1.91. The first-order valence-corrected chi connectivity index (χ1v) is 5.50. The van der Waals surface area contributed by atoms with E-state index in [2.05, 4.69) is 0 Å². The van der Waals surface area contributed by atoms with E-state index in [1.165, 1.54) is 0 Å². The van der Waals surface area contributed by atoms with Gasteiger partial charge in [-0.05, 0) is 30.4 Å². The number of aliphatic carboxylic acids is 1. The standard InChI is InChI=1S/C10H10F2O2S/c1-15-8-5-7(11)4-6(10(8)12)2-3-9(13)14/h4-5H,2-3H2,1H3,(H,13,14). The van der Waals surface area contributed by atoms with Gasteiger partial charge in [-0.15, -0.1) is 11.8 Å². The van der Waals surface area contributed by atoms with E-state index >= 15 is 0 Å². The Morgan fingerprint density at radius 3 is 2.67 bits per heavy atom. The summed E-state index contributed by atoms with van der Waals surface area (Å²) < 4.78 is 26.5. The highest BCUT2D eigenvalue weighted by Crippen LogP contribution is 2.24. The second-order valence-corrected chi connectivity index (χ2v) is 3.82. The van der Waals surface area contributed by atoms with Crippen LogP contribution in [0.1, 0.15) is 12.0 Å². The number of carbonyl (C=O) groups is 1. The van der Waals surface area contributed by atoms with E-state index in [0.29, 0.717) is 0 Å². The Hall–Kier alpha value is -1.10. The molecule has 1 aromatic carbocycles. The summed E-state index contributed by atoms with van der Waals surface area (Å²) >= 11 is 1.10. The molecule has 0 aliphatic rings. The molecule has 0 unspecified atom stereocenters. The van der Waals surface area contributed by atoms with Crippen LogP contribution in [0.5, 0.6) is 0 Å². The Kier molecular flexibility index (Phi) is 4.08. The minimum atomic E-state index is -1.02. The second kappa shape index (κ2) is 5.11. The molecule has 0 bridgehead atoms. The van der Waals surface area contributed by atoms with Crippen LogP contribution in [-0.2, 0) is 11.2 Å². The van der Waals surface area contributed by atoms with Crippen LogP contribution in [0.2, 0.25) is 0 Å². The largest absolute Gasteiger partial charge is 0.481 e. The van der Waals surface area contributed by atoms with Crippen molar-refractivity contribution in [1.82, 2.24) is 0 Å². The minimum absolute atomic E-state index is 0.00644. The predicted octanol–water partition coefficient (Wildman–Crippen LogP) is 2.70. The van der Waals surface area contributed by atoms with Gasteiger partial charge in [-0.1, -0.05) is 0 Å². The molecule has 0 amide bonds. The van der Waals surface area contributed by atoms with Crippen molar-refractivity contribution in [2.75, 3.05) is 6.26 Å². The fourth-order valence-electron chi connectivity index (χ4n) is 1.19. The van der Waals surface area contributed by atoms with Gasteiger partial charge < -0.3 is 5.11 Å². The first kappa shape index (κ1) is 12.0. The number of hydrogen-bond donors (Lipinski definition) is 1. The fourth-order valence-corrected chi connectivity index (χ4v) is 1.73. The Balaban J connectivity index is 2.95. The van der Waals surface area contributed by atoms with E-state index in [9.17, 15) is 13.6 Å². The maximum Gasteiger partial charge on any atom is 0.303 e. The van der Waals surface area contributed by atoms with Gasteiger partial charge in [-0.3, -0.25) is 4.79 Å². The number of halogens is 2. The Bertz CT molecular complexity index is 380. The Labute approximate surface area is 90.3 Å². The van der Waals surface area contributed by atoms with Crippen molar-refractivity contribution >= 4 is 17.7 Å². The number of carboxylic acid groups (broad SMARTS) is 1. The van der Waals surface area contributed by atoms with Crippen molar-refractivity contribution in [3.8, 4) is 0 Å². The first-order valence-electron chi connectivity index (χ1n) is 4.28. The average molecular weight is 232 g/mol. The van der Waals surface area contributed by atoms with E-state index in [-0.39, 0.29) is 23.3 Å². The lowest BCUT2D eigenvalue weighted by atomic mass is 10.1. The number of carboxylic acids is 1. The molecule has 0 fully saturated rings. The second-order valence-electron chi connectivity index (χ2n) is 2.97.